The summed E-state index contributed by atoms with van der Waals surface area (Å²) in [6.07, 6.45) is 9.06. The number of nitriles is 1. The zero-order valence-electron chi connectivity index (χ0n) is 9.72. The molecule has 0 heterocycles. The third-order valence-electron chi connectivity index (χ3n) is 2.94. The van der Waals surface area contributed by atoms with Crippen LogP contribution < -0.4 is 0 Å². The van der Waals surface area contributed by atoms with Crippen LogP contribution in [-0.4, -0.2) is 12.3 Å². The summed E-state index contributed by atoms with van der Waals surface area (Å²) < 4.78 is 0. The zero-order chi connectivity index (χ0) is 11.9. The van der Waals surface area contributed by atoms with E-state index < -0.39 is 0 Å². The molecule has 1 fully saturated rings. The molecular formula is C14H15N2O. The molecule has 0 amide bonds. The van der Waals surface area contributed by atoms with Crippen LogP contribution in [0.15, 0.2) is 29.4 Å². The van der Waals surface area contributed by atoms with E-state index in [1.165, 1.54) is 19.3 Å². The predicted molar refractivity (Wildman–Crippen MR) is 65.7 cm³/mol. The first-order chi connectivity index (χ1) is 8.38. The van der Waals surface area contributed by atoms with E-state index in [1.54, 1.807) is 12.1 Å². The summed E-state index contributed by atoms with van der Waals surface area (Å²) in [6.45, 7) is 0. The van der Waals surface area contributed by atoms with E-state index in [0.29, 0.717) is 5.56 Å². The number of hydrogen-bond donors (Lipinski definition) is 0. The Kier molecular flexibility index (Phi) is 4.15. The summed E-state index contributed by atoms with van der Waals surface area (Å²) in [4.78, 5) is 5.39. The van der Waals surface area contributed by atoms with Gasteiger partial charge in [0.05, 0.1) is 11.6 Å². The van der Waals surface area contributed by atoms with Crippen molar-refractivity contribution in [3.63, 3.8) is 0 Å². The van der Waals surface area contributed by atoms with Gasteiger partial charge in [-0.3, -0.25) is 0 Å². The third-order valence-corrected chi connectivity index (χ3v) is 2.94. The first-order valence-electron chi connectivity index (χ1n) is 6.00. The molecule has 0 spiro atoms. The lowest BCUT2D eigenvalue weighted by atomic mass is 9.98. The molecule has 1 aromatic carbocycles. The fourth-order valence-electron chi connectivity index (χ4n) is 1.94. The van der Waals surface area contributed by atoms with Crippen LogP contribution in [0.2, 0.25) is 0 Å². The van der Waals surface area contributed by atoms with Crippen LogP contribution in [-0.2, 0) is 4.84 Å². The lowest BCUT2D eigenvalue weighted by Gasteiger charge is -2.18. The van der Waals surface area contributed by atoms with Gasteiger partial charge in [-0.05, 0) is 37.8 Å². The van der Waals surface area contributed by atoms with E-state index in [0.717, 1.165) is 18.4 Å². The van der Waals surface area contributed by atoms with Crippen molar-refractivity contribution in [3.8, 4) is 6.07 Å². The monoisotopic (exact) mass is 227 g/mol. The largest absolute Gasteiger partial charge is 0.392 e. The zero-order valence-corrected chi connectivity index (χ0v) is 9.72. The summed E-state index contributed by atoms with van der Waals surface area (Å²) in [5.41, 5.74) is 1.48. The maximum atomic E-state index is 8.66. The molecule has 2 rings (SSSR count). The molecule has 1 aromatic rings. The van der Waals surface area contributed by atoms with Gasteiger partial charge in [0.15, 0.2) is 0 Å². The summed E-state index contributed by atoms with van der Waals surface area (Å²) in [5, 5.41) is 12.5. The van der Waals surface area contributed by atoms with Crippen LogP contribution in [0.25, 0.3) is 0 Å². The molecule has 0 aromatic heterocycles. The molecule has 0 saturated heterocycles. The molecule has 1 saturated carbocycles. The van der Waals surface area contributed by atoms with E-state index in [4.69, 9.17) is 10.1 Å². The van der Waals surface area contributed by atoms with Crippen LogP contribution in [0.3, 0.4) is 0 Å². The fraction of sp³-hybridized carbons (Fsp3) is 0.429. The Bertz CT molecular complexity index is 411. The highest BCUT2D eigenvalue weighted by Gasteiger charge is 2.13. The van der Waals surface area contributed by atoms with E-state index >= 15 is 0 Å². The normalized spacial score (nSPS) is 16.9. The standard InChI is InChI=1S/C14H15N2O/c15-10-12-6-8-13(9-7-12)11-16-17-14-4-2-1-3-5-14/h6-9,14H,1-5H2. The SMILES string of the molecule is N#Cc1ccc(/[C]=N/OC2CCCCC2)cc1. The lowest BCUT2D eigenvalue weighted by Crippen LogP contribution is -2.13. The molecule has 0 aliphatic heterocycles. The summed E-state index contributed by atoms with van der Waals surface area (Å²) in [5.74, 6) is 0. The molecule has 0 bridgehead atoms. The first-order valence-corrected chi connectivity index (χ1v) is 6.00. The average molecular weight is 227 g/mol. The molecule has 1 aliphatic rings. The van der Waals surface area contributed by atoms with Crippen LogP contribution in [0.1, 0.15) is 43.2 Å². The fourth-order valence-corrected chi connectivity index (χ4v) is 1.94. The number of benzene rings is 1. The third kappa shape index (κ3) is 3.60. The summed E-state index contributed by atoms with van der Waals surface area (Å²) in [7, 11) is 0. The van der Waals surface area contributed by atoms with Gasteiger partial charge in [0.25, 0.3) is 0 Å². The second kappa shape index (κ2) is 6.05. The van der Waals surface area contributed by atoms with Crippen LogP contribution in [0.5, 0.6) is 0 Å². The Morgan fingerprint density at radius 3 is 2.35 bits per heavy atom. The van der Waals surface area contributed by atoms with Crippen molar-refractivity contribution in [1.82, 2.24) is 0 Å². The van der Waals surface area contributed by atoms with Gasteiger partial charge < -0.3 is 4.84 Å². The van der Waals surface area contributed by atoms with Gasteiger partial charge in [0.1, 0.15) is 12.3 Å². The minimum atomic E-state index is 0.259. The number of nitrogens with zero attached hydrogens (tertiary/aromatic N) is 2. The van der Waals surface area contributed by atoms with E-state index in [2.05, 4.69) is 17.4 Å². The molecule has 1 aliphatic carbocycles. The van der Waals surface area contributed by atoms with Crippen molar-refractivity contribution in [2.45, 2.75) is 38.2 Å². The van der Waals surface area contributed by atoms with Gasteiger partial charge in [-0.2, -0.15) is 5.26 Å². The molecular weight excluding hydrogens is 212 g/mol. The molecule has 0 atom stereocenters. The maximum absolute atomic E-state index is 8.66. The van der Waals surface area contributed by atoms with Crippen LogP contribution >= 0.6 is 0 Å². The second-order valence-electron chi connectivity index (χ2n) is 4.26. The Morgan fingerprint density at radius 1 is 1.06 bits per heavy atom. The molecule has 17 heavy (non-hydrogen) atoms. The van der Waals surface area contributed by atoms with Crippen molar-refractivity contribution in [2.75, 3.05) is 0 Å². The first kappa shape index (κ1) is 11.7. The Balaban J connectivity index is 1.84. The molecule has 1 radical (unpaired) electrons. The smallest absolute Gasteiger partial charge is 0.139 e. The van der Waals surface area contributed by atoms with Gasteiger partial charge in [0.2, 0.25) is 0 Å². The van der Waals surface area contributed by atoms with Gasteiger partial charge in [-0.25, -0.2) is 0 Å². The Morgan fingerprint density at radius 2 is 1.71 bits per heavy atom. The summed E-state index contributed by atoms with van der Waals surface area (Å²) in [6, 6.07) is 9.19. The molecule has 3 heteroatoms. The van der Waals surface area contributed by atoms with Gasteiger partial charge in [0, 0.05) is 5.56 Å². The van der Waals surface area contributed by atoms with Crippen molar-refractivity contribution >= 4 is 6.21 Å². The van der Waals surface area contributed by atoms with Gasteiger partial charge in [-0.1, -0.05) is 23.7 Å². The van der Waals surface area contributed by atoms with Crippen molar-refractivity contribution in [3.05, 3.63) is 35.4 Å². The van der Waals surface area contributed by atoms with E-state index in [-0.39, 0.29) is 6.10 Å². The Labute approximate surface area is 102 Å². The Hall–Kier alpha value is -1.82. The van der Waals surface area contributed by atoms with Crippen LogP contribution in [0, 0.1) is 11.3 Å². The maximum Gasteiger partial charge on any atom is 0.139 e. The van der Waals surface area contributed by atoms with Crippen molar-refractivity contribution < 1.29 is 4.84 Å². The topological polar surface area (TPSA) is 45.4 Å². The lowest BCUT2D eigenvalue weighted by molar-refractivity contribution is 0.0340. The molecule has 0 N–H and O–H groups in total. The van der Waals surface area contributed by atoms with Crippen molar-refractivity contribution in [1.29, 1.82) is 5.26 Å². The molecule has 87 valence electrons. The van der Waals surface area contributed by atoms with Gasteiger partial charge in [-0.15, -0.1) is 0 Å². The highest BCUT2D eigenvalue weighted by Crippen LogP contribution is 2.20. The predicted octanol–water partition coefficient (Wildman–Crippen LogP) is 3.12. The summed E-state index contributed by atoms with van der Waals surface area (Å²) >= 11 is 0. The molecule has 0 unspecified atom stereocenters. The number of hydrogen-bond acceptors (Lipinski definition) is 3. The highest BCUT2D eigenvalue weighted by molar-refractivity contribution is 5.79. The quantitative estimate of drug-likeness (QED) is 0.588. The highest BCUT2D eigenvalue weighted by atomic mass is 16.6. The van der Waals surface area contributed by atoms with E-state index in [9.17, 15) is 0 Å². The van der Waals surface area contributed by atoms with Gasteiger partial charge >= 0.3 is 0 Å². The second-order valence-corrected chi connectivity index (χ2v) is 4.26. The minimum absolute atomic E-state index is 0.259. The minimum Gasteiger partial charge on any atom is -0.392 e. The average Bonchev–Trinajstić information content (AvgIpc) is 2.41. The number of rotatable bonds is 3. The van der Waals surface area contributed by atoms with Crippen molar-refractivity contribution in [2.24, 2.45) is 5.16 Å². The van der Waals surface area contributed by atoms with Crippen LogP contribution in [0.4, 0.5) is 0 Å². The van der Waals surface area contributed by atoms with E-state index in [1.807, 2.05) is 12.1 Å². The molecule has 3 nitrogen and oxygen atoms in total.